The largest absolute Gasteiger partial charge is 0.472 e. The summed E-state index contributed by atoms with van der Waals surface area (Å²) in [5, 5.41) is 10.6. The highest BCUT2D eigenvalue weighted by molar-refractivity contribution is 7.47. The van der Waals surface area contributed by atoms with Crippen LogP contribution in [0.4, 0.5) is 0 Å². The highest BCUT2D eigenvalue weighted by atomic mass is 31.2. The van der Waals surface area contributed by atoms with E-state index >= 15 is 0 Å². The normalized spacial score (nSPS) is 14.1. The van der Waals surface area contributed by atoms with Gasteiger partial charge in [0.2, 0.25) is 0 Å². The fourth-order valence-corrected chi connectivity index (χ4v) is 12.7. The van der Waals surface area contributed by atoms with E-state index in [2.05, 4.69) is 48.5 Å². The molecule has 92 heavy (non-hydrogen) atoms. The van der Waals surface area contributed by atoms with Crippen LogP contribution in [0.15, 0.2) is 0 Å². The monoisotopic (exact) mass is 1350 g/mol. The second-order valence-corrected chi connectivity index (χ2v) is 30.7. The van der Waals surface area contributed by atoms with Crippen LogP contribution in [0.5, 0.6) is 0 Å². The van der Waals surface area contributed by atoms with Gasteiger partial charge in [-0.2, -0.15) is 0 Å². The molecule has 0 aliphatic rings. The van der Waals surface area contributed by atoms with Crippen LogP contribution in [-0.4, -0.2) is 96.7 Å². The van der Waals surface area contributed by atoms with Gasteiger partial charge in [0.1, 0.15) is 19.3 Å². The lowest BCUT2D eigenvalue weighted by Gasteiger charge is -2.21. The first-order valence-corrected chi connectivity index (χ1v) is 40.8. The molecule has 0 rings (SSSR count). The summed E-state index contributed by atoms with van der Waals surface area (Å²) in [7, 11) is -9.91. The van der Waals surface area contributed by atoms with Crippen molar-refractivity contribution in [2.45, 2.75) is 388 Å². The third-order valence-corrected chi connectivity index (χ3v) is 18.8. The van der Waals surface area contributed by atoms with Gasteiger partial charge in [0.05, 0.1) is 26.4 Å². The molecule has 0 bridgehead atoms. The van der Waals surface area contributed by atoms with Crippen molar-refractivity contribution >= 4 is 39.5 Å². The zero-order chi connectivity index (χ0) is 68.0. The minimum atomic E-state index is -4.95. The Balaban J connectivity index is 5.25. The summed E-state index contributed by atoms with van der Waals surface area (Å²) in [5.41, 5.74) is 0. The quantitative estimate of drug-likeness (QED) is 0.0222. The maximum absolute atomic E-state index is 13.1. The van der Waals surface area contributed by atoms with Crippen molar-refractivity contribution in [2.24, 2.45) is 17.8 Å². The number of esters is 4. The molecule has 0 heterocycles. The van der Waals surface area contributed by atoms with Crippen molar-refractivity contribution < 1.29 is 80.2 Å². The number of phosphoric ester groups is 2. The van der Waals surface area contributed by atoms with E-state index in [1.807, 2.05) is 0 Å². The van der Waals surface area contributed by atoms with Crippen LogP contribution < -0.4 is 0 Å². The molecular formula is C73H142O17P2. The van der Waals surface area contributed by atoms with Gasteiger partial charge in [-0.05, 0) is 43.4 Å². The molecule has 19 heteroatoms. The molecular weight excluding hydrogens is 1210 g/mol. The average Bonchev–Trinajstić information content (AvgIpc) is 1.91. The standard InChI is InChI=1S/C73H142O17P2/c1-8-9-10-11-12-13-18-26-33-40-47-54-70(75)83-60-69(90-73(78)57-50-43-36-29-22-25-32-39-46-53-66(6)7)63-88-92(81,82)86-59-67(74)58-85-91(79,80)87-62-68(61-84-71(76)55-48-41-34-28-21-24-31-38-45-52-65(4)5)89-72(77)56-49-42-35-27-20-17-15-14-16-19-23-30-37-44-51-64(2)3/h64-69,74H,8-63H2,1-7H3,(H,79,80)(H,81,82)/t67-,68-,69-/m1/s1. The van der Waals surface area contributed by atoms with Gasteiger partial charge >= 0.3 is 39.5 Å². The molecule has 0 fully saturated rings. The molecule has 3 N–H and O–H groups in total. The van der Waals surface area contributed by atoms with Crippen molar-refractivity contribution in [1.29, 1.82) is 0 Å². The summed E-state index contributed by atoms with van der Waals surface area (Å²) in [5.74, 6) is 0.154. The van der Waals surface area contributed by atoms with Gasteiger partial charge in [-0.1, -0.05) is 318 Å². The van der Waals surface area contributed by atoms with Crippen molar-refractivity contribution in [3.8, 4) is 0 Å². The highest BCUT2D eigenvalue weighted by Gasteiger charge is 2.30. The second-order valence-electron chi connectivity index (χ2n) is 27.8. The average molecular weight is 1350 g/mol. The minimum Gasteiger partial charge on any atom is -0.462 e. The fourth-order valence-electron chi connectivity index (χ4n) is 11.1. The lowest BCUT2D eigenvalue weighted by atomic mass is 10.0. The van der Waals surface area contributed by atoms with Gasteiger partial charge < -0.3 is 33.8 Å². The molecule has 2 unspecified atom stereocenters. The Bertz CT molecular complexity index is 1800. The molecule has 0 aromatic rings. The smallest absolute Gasteiger partial charge is 0.462 e. The van der Waals surface area contributed by atoms with Gasteiger partial charge in [0, 0.05) is 25.7 Å². The summed E-state index contributed by atoms with van der Waals surface area (Å²) in [6.07, 6.45) is 48.5. The topological polar surface area (TPSA) is 237 Å². The number of unbranched alkanes of at least 4 members (excludes halogenated alkanes) is 39. The Hall–Kier alpha value is -1.94. The number of rotatable bonds is 71. The van der Waals surface area contributed by atoms with E-state index in [-0.39, 0.29) is 25.7 Å². The molecule has 0 aliphatic carbocycles. The number of carbonyl (C=O) groups excluding carboxylic acids is 4. The molecule has 0 saturated carbocycles. The number of hydrogen-bond donors (Lipinski definition) is 3. The van der Waals surface area contributed by atoms with Gasteiger partial charge in [0.25, 0.3) is 0 Å². The van der Waals surface area contributed by atoms with Crippen LogP contribution in [0.25, 0.3) is 0 Å². The lowest BCUT2D eigenvalue weighted by molar-refractivity contribution is -0.161. The Labute approximate surface area is 562 Å². The lowest BCUT2D eigenvalue weighted by Crippen LogP contribution is -2.30. The number of phosphoric acid groups is 2. The molecule has 0 aromatic carbocycles. The third kappa shape index (κ3) is 66.7. The van der Waals surface area contributed by atoms with E-state index < -0.39 is 97.5 Å². The summed E-state index contributed by atoms with van der Waals surface area (Å²) < 4.78 is 68.4. The first-order chi connectivity index (χ1) is 44.2. The van der Waals surface area contributed by atoms with Crippen molar-refractivity contribution in [1.82, 2.24) is 0 Å². The van der Waals surface area contributed by atoms with E-state index in [0.29, 0.717) is 25.7 Å². The summed E-state index contributed by atoms with van der Waals surface area (Å²) in [4.78, 5) is 72.7. The van der Waals surface area contributed by atoms with Crippen LogP contribution in [-0.2, 0) is 65.4 Å². The van der Waals surface area contributed by atoms with Gasteiger partial charge in [-0.25, -0.2) is 9.13 Å². The summed E-state index contributed by atoms with van der Waals surface area (Å²) >= 11 is 0. The van der Waals surface area contributed by atoms with Crippen molar-refractivity contribution in [2.75, 3.05) is 39.6 Å². The molecule has 17 nitrogen and oxygen atoms in total. The van der Waals surface area contributed by atoms with E-state index in [9.17, 15) is 43.2 Å². The van der Waals surface area contributed by atoms with Crippen molar-refractivity contribution in [3.05, 3.63) is 0 Å². The maximum Gasteiger partial charge on any atom is 0.472 e. The molecule has 0 aromatic heterocycles. The van der Waals surface area contributed by atoms with Gasteiger partial charge in [0.15, 0.2) is 12.2 Å². The Morgan fingerprint density at radius 3 is 0.739 bits per heavy atom. The predicted octanol–water partition coefficient (Wildman–Crippen LogP) is 21.0. The molecule has 0 saturated heterocycles. The van der Waals surface area contributed by atoms with Gasteiger partial charge in [-0.15, -0.1) is 0 Å². The van der Waals surface area contributed by atoms with Crippen LogP contribution in [0.1, 0.15) is 370 Å². The Kier molecular flexibility index (Phi) is 62.4. The first kappa shape index (κ1) is 90.1. The Morgan fingerprint density at radius 1 is 0.293 bits per heavy atom. The highest BCUT2D eigenvalue weighted by Crippen LogP contribution is 2.45. The first-order valence-electron chi connectivity index (χ1n) is 37.8. The van der Waals surface area contributed by atoms with Gasteiger partial charge in [-0.3, -0.25) is 37.3 Å². The number of aliphatic hydroxyl groups is 1. The SMILES string of the molecule is CCCCCCCCCCCCCC(=O)OC[C@H](COP(=O)(O)OC[C@H](O)COP(=O)(O)OC[C@@H](COC(=O)CCCCCCCCCCCC(C)C)OC(=O)CCCCCCCCCCCCCCCCC(C)C)OC(=O)CCCCCCCCCCCC(C)C. The molecule has 0 aliphatic heterocycles. The number of aliphatic hydroxyl groups excluding tert-OH is 1. The van der Waals surface area contributed by atoms with E-state index in [1.165, 1.54) is 180 Å². The number of carbonyl (C=O) groups is 4. The molecule has 546 valence electrons. The third-order valence-electron chi connectivity index (χ3n) is 16.9. The molecule has 0 spiro atoms. The van der Waals surface area contributed by atoms with Crippen LogP contribution in [0.2, 0.25) is 0 Å². The zero-order valence-corrected chi connectivity index (χ0v) is 61.8. The number of ether oxygens (including phenoxy) is 4. The summed E-state index contributed by atoms with van der Waals surface area (Å²) in [6, 6.07) is 0. The summed E-state index contributed by atoms with van der Waals surface area (Å²) in [6.45, 7) is 11.9. The molecule has 5 atom stereocenters. The molecule has 0 amide bonds. The van der Waals surface area contributed by atoms with E-state index in [4.69, 9.17) is 37.0 Å². The van der Waals surface area contributed by atoms with Crippen LogP contribution >= 0.6 is 15.6 Å². The maximum atomic E-state index is 13.1. The number of hydrogen-bond acceptors (Lipinski definition) is 15. The van der Waals surface area contributed by atoms with E-state index in [0.717, 1.165) is 108 Å². The second kappa shape index (κ2) is 63.8. The van der Waals surface area contributed by atoms with Crippen LogP contribution in [0, 0.1) is 17.8 Å². The fraction of sp³-hybridized carbons (Fsp3) is 0.945. The zero-order valence-electron chi connectivity index (χ0n) is 60.0. The predicted molar refractivity (Wildman–Crippen MR) is 372 cm³/mol. The van der Waals surface area contributed by atoms with Crippen molar-refractivity contribution in [3.63, 3.8) is 0 Å². The van der Waals surface area contributed by atoms with Crippen LogP contribution in [0.3, 0.4) is 0 Å². The minimum absolute atomic E-state index is 0.105. The molecule has 0 radical (unpaired) electrons. The Morgan fingerprint density at radius 2 is 0.500 bits per heavy atom. The van der Waals surface area contributed by atoms with E-state index in [1.54, 1.807) is 0 Å².